The average molecular weight is 749 g/mol. The van der Waals surface area contributed by atoms with Crippen LogP contribution in [0.3, 0.4) is 0 Å². The van der Waals surface area contributed by atoms with Crippen LogP contribution in [0.4, 0.5) is 0 Å². The highest BCUT2D eigenvalue weighted by Crippen LogP contribution is 2.41. The minimum absolute atomic E-state index is 0.0657. The molecule has 3 saturated heterocycles. The molecule has 15 nitrogen and oxygen atoms in total. The number of cyclic esters (lactones) is 1. The Balaban J connectivity index is 2.21. The Morgan fingerprint density at radius 3 is 2.08 bits per heavy atom. The molecule has 0 unspecified atom stereocenters. The Bertz CT molecular complexity index is 1200. The van der Waals surface area contributed by atoms with Gasteiger partial charge in [0.05, 0.1) is 53.4 Å². The van der Waals surface area contributed by atoms with E-state index in [1.54, 1.807) is 55.4 Å². The van der Waals surface area contributed by atoms with Crippen molar-refractivity contribution in [3.8, 4) is 0 Å². The monoisotopic (exact) mass is 748 g/mol. The smallest absolute Gasteiger partial charge is 0.311 e. The van der Waals surface area contributed by atoms with Crippen molar-refractivity contribution >= 4 is 11.7 Å². The topological polar surface area (TPSA) is 209 Å². The van der Waals surface area contributed by atoms with Gasteiger partial charge in [0.15, 0.2) is 12.6 Å². The van der Waals surface area contributed by atoms with Gasteiger partial charge >= 0.3 is 5.97 Å². The minimum Gasteiger partial charge on any atom is -0.459 e. The minimum atomic E-state index is -1.97. The third-order valence-electron chi connectivity index (χ3n) is 12.0. The number of esters is 1. The first-order chi connectivity index (χ1) is 24.0. The van der Waals surface area contributed by atoms with Crippen molar-refractivity contribution in [1.82, 2.24) is 4.90 Å². The molecular formula is C37H68N2O13. The van der Waals surface area contributed by atoms with E-state index in [2.05, 4.69) is 5.16 Å². The highest BCUT2D eigenvalue weighted by atomic mass is 16.7. The fourth-order valence-electron chi connectivity index (χ4n) is 8.61. The fourth-order valence-corrected chi connectivity index (χ4v) is 8.61. The van der Waals surface area contributed by atoms with Crippen molar-refractivity contribution in [2.75, 3.05) is 21.2 Å². The average Bonchev–Trinajstić information content (AvgIpc) is 3.06. The lowest BCUT2D eigenvalue weighted by Gasteiger charge is -2.49. The van der Waals surface area contributed by atoms with Gasteiger partial charge in [-0.15, -0.1) is 0 Å². The molecule has 0 aliphatic carbocycles. The maximum Gasteiger partial charge on any atom is 0.311 e. The second-order valence-corrected chi connectivity index (χ2v) is 16.6. The molecule has 0 bridgehead atoms. The summed E-state index contributed by atoms with van der Waals surface area (Å²) in [4.78, 5) is 16.0. The number of hydrogen-bond donors (Lipinski definition) is 6. The number of nitrogens with zero attached hydrogens (tertiary/aromatic N) is 2. The van der Waals surface area contributed by atoms with Crippen molar-refractivity contribution in [1.29, 1.82) is 0 Å². The summed E-state index contributed by atoms with van der Waals surface area (Å²) in [5, 5.41) is 71.8. The first kappa shape index (κ1) is 44.9. The zero-order valence-electron chi connectivity index (χ0n) is 33.4. The Morgan fingerprint density at radius 2 is 1.54 bits per heavy atom. The number of carbonyl (C=O) groups excluding carboxylic acids is 1. The third kappa shape index (κ3) is 9.47. The van der Waals surface area contributed by atoms with Gasteiger partial charge < -0.3 is 64.1 Å². The lowest BCUT2D eigenvalue weighted by Crippen LogP contribution is -2.61. The molecule has 3 heterocycles. The maximum absolute atomic E-state index is 14.1. The Labute approximate surface area is 309 Å². The summed E-state index contributed by atoms with van der Waals surface area (Å²) in [6.07, 6.45) is -9.51. The van der Waals surface area contributed by atoms with Gasteiger partial charge in [-0.2, -0.15) is 0 Å². The predicted molar refractivity (Wildman–Crippen MR) is 190 cm³/mol. The number of ether oxygens (including phenoxy) is 6. The summed E-state index contributed by atoms with van der Waals surface area (Å²) in [5.41, 5.74) is -4.68. The van der Waals surface area contributed by atoms with Crippen molar-refractivity contribution in [2.45, 2.75) is 179 Å². The van der Waals surface area contributed by atoms with Gasteiger partial charge in [0.25, 0.3) is 0 Å². The molecule has 3 rings (SSSR count). The molecule has 52 heavy (non-hydrogen) atoms. The normalized spacial score (nSPS) is 49.8. The molecule has 0 aromatic rings. The number of rotatable bonds is 7. The number of carbonyl (C=O) groups is 1. The molecule has 0 aromatic carbocycles. The second-order valence-electron chi connectivity index (χ2n) is 16.6. The molecule has 3 fully saturated rings. The summed E-state index contributed by atoms with van der Waals surface area (Å²) in [6.45, 7) is 16.6. The predicted octanol–water partition coefficient (Wildman–Crippen LogP) is 2.05. The third-order valence-corrected chi connectivity index (χ3v) is 12.0. The number of aliphatic hydroxyl groups is 5. The summed E-state index contributed by atoms with van der Waals surface area (Å²) in [6, 6.07) is -0.322. The van der Waals surface area contributed by atoms with Crippen LogP contribution in [-0.4, -0.2) is 153 Å². The summed E-state index contributed by atoms with van der Waals surface area (Å²) >= 11 is 0. The lowest BCUT2D eigenvalue weighted by molar-refractivity contribution is -0.317. The molecular weight excluding hydrogens is 680 g/mol. The van der Waals surface area contributed by atoms with Gasteiger partial charge in [0.2, 0.25) is 0 Å². The molecule has 15 heteroatoms. The fraction of sp³-hybridized carbons (Fsp3) is 0.946. The van der Waals surface area contributed by atoms with Crippen LogP contribution in [0.1, 0.15) is 94.9 Å². The molecule has 0 amide bonds. The molecule has 0 saturated carbocycles. The van der Waals surface area contributed by atoms with Crippen LogP contribution in [0.15, 0.2) is 5.16 Å². The number of likely N-dealkylation sites (N-methyl/N-ethyl adjacent to an activating group) is 1. The quantitative estimate of drug-likeness (QED) is 0.125. The van der Waals surface area contributed by atoms with Gasteiger partial charge in [-0.1, -0.05) is 32.9 Å². The lowest BCUT2D eigenvalue weighted by atomic mass is 9.73. The van der Waals surface area contributed by atoms with Crippen LogP contribution >= 0.6 is 0 Å². The largest absolute Gasteiger partial charge is 0.459 e. The van der Waals surface area contributed by atoms with E-state index in [4.69, 9.17) is 28.4 Å². The first-order valence-corrected chi connectivity index (χ1v) is 18.7. The van der Waals surface area contributed by atoms with Crippen LogP contribution in [0, 0.1) is 23.7 Å². The summed E-state index contributed by atoms with van der Waals surface area (Å²) in [7, 11) is 5.19. The zero-order chi connectivity index (χ0) is 39.7. The van der Waals surface area contributed by atoms with E-state index >= 15 is 0 Å². The van der Waals surface area contributed by atoms with E-state index in [0.717, 1.165) is 0 Å². The van der Waals surface area contributed by atoms with Crippen molar-refractivity contribution in [3.05, 3.63) is 0 Å². The van der Waals surface area contributed by atoms with Crippen LogP contribution in [0.25, 0.3) is 0 Å². The van der Waals surface area contributed by atoms with Gasteiger partial charge in [-0.05, 0) is 74.9 Å². The first-order valence-electron chi connectivity index (χ1n) is 18.7. The molecule has 304 valence electrons. The van der Waals surface area contributed by atoms with Crippen LogP contribution in [0.5, 0.6) is 0 Å². The Morgan fingerprint density at radius 1 is 0.923 bits per heavy atom. The maximum atomic E-state index is 14.1. The van der Waals surface area contributed by atoms with Crippen molar-refractivity contribution in [3.63, 3.8) is 0 Å². The zero-order valence-corrected chi connectivity index (χ0v) is 33.4. The van der Waals surface area contributed by atoms with E-state index in [1.165, 1.54) is 14.0 Å². The van der Waals surface area contributed by atoms with Gasteiger partial charge in [0, 0.05) is 37.3 Å². The molecule has 3 aliphatic rings. The molecule has 3 aliphatic heterocycles. The van der Waals surface area contributed by atoms with Crippen LogP contribution in [0.2, 0.25) is 0 Å². The number of aliphatic hydroxyl groups excluding tert-OH is 3. The molecule has 6 N–H and O–H groups in total. The van der Waals surface area contributed by atoms with E-state index in [-0.39, 0.29) is 37.1 Å². The van der Waals surface area contributed by atoms with E-state index in [9.17, 15) is 35.5 Å². The highest BCUT2D eigenvalue weighted by Gasteiger charge is 2.53. The summed E-state index contributed by atoms with van der Waals surface area (Å²) < 4.78 is 37.2. The number of methoxy groups -OCH3 is 1. The Kier molecular flexibility index (Phi) is 15.1. The van der Waals surface area contributed by atoms with Crippen molar-refractivity contribution < 1.29 is 64.0 Å². The van der Waals surface area contributed by atoms with Crippen LogP contribution < -0.4 is 0 Å². The molecule has 0 radical (unpaired) electrons. The van der Waals surface area contributed by atoms with E-state index < -0.39 is 102 Å². The summed E-state index contributed by atoms with van der Waals surface area (Å²) in [5.74, 6) is -4.24. The van der Waals surface area contributed by atoms with Gasteiger partial charge in [-0.25, -0.2) is 0 Å². The Hall–Kier alpha value is -1.50. The second kappa shape index (κ2) is 17.5. The number of hydrogen-bond acceptors (Lipinski definition) is 15. The van der Waals surface area contributed by atoms with Crippen molar-refractivity contribution in [2.24, 2.45) is 28.8 Å². The highest BCUT2D eigenvalue weighted by molar-refractivity contribution is 5.88. The van der Waals surface area contributed by atoms with Gasteiger partial charge in [0.1, 0.15) is 23.9 Å². The van der Waals surface area contributed by atoms with Crippen LogP contribution in [-0.2, 0) is 33.2 Å². The molecule has 18 atom stereocenters. The van der Waals surface area contributed by atoms with E-state index in [1.807, 2.05) is 25.9 Å². The van der Waals surface area contributed by atoms with Gasteiger partial charge in [-0.3, -0.25) is 4.79 Å². The molecule has 0 aromatic heterocycles. The standard InChI is InChI=1S/C37H68N2O13/c1-14-25-37(10,45)30(41)20(4)27(38-46)18(2)16-35(8,44)32(52-34-28(40)24(39(11)12)15-19(3)48-34)21(5)29(22(6)33(43)50-25)51-26-17-36(9,47-13)31(42)23(7)49-26/h18-26,28-32,34,40-42,44-46H,14-17H2,1-13H3/b38-27+/t18-,19-,20+,21+,22-,23-,24+,25-,26-,28-,29+,30-,31-,32-,34-,35-,36+,37-/m1/s1. The number of oxime groups is 1. The molecule has 0 spiro atoms. The SMILES string of the molecule is CC[C@H]1OC(=O)[C@H](C)[C@@H](O[C@@H]2C[C@](C)(OC)[C@H](O)[C@@H](C)O2)[C@H](C)[C@@H](O[C@H]2O[C@H](C)C[C@H](N(C)C)[C@H]2O)[C@](C)(O)C[C@@H](C)/C(=N\O)[C@H](C)[C@@H](O)[C@]1(C)O. The van der Waals surface area contributed by atoms with E-state index in [0.29, 0.717) is 6.42 Å².